The van der Waals surface area contributed by atoms with Gasteiger partial charge in [0, 0.05) is 29.8 Å². The summed E-state index contributed by atoms with van der Waals surface area (Å²) in [7, 11) is 0. The lowest BCUT2D eigenvalue weighted by atomic mass is 10.2. The van der Waals surface area contributed by atoms with E-state index in [9.17, 15) is 0 Å². The lowest BCUT2D eigenvalue weighted by molar-refractivity contribution is 0.121. The van der Waals surface area contributed by atoms with Crippen LogP contribution < -0.4 is 4.90 Å². The van der Waals surface area contributed by atoms with E-state index in [1.165, 1.54) is 4.90 Å². The van der Waals surface area contributed by atoms with Crippen LogP contribution in [0.1, 0.15) is 27.2 Å². The molecule has 7 heteroatoms. The molecule has 1 saturated heterocycles. The molecule has 2 aromatic rings. The first-order chi connectivity index (χ1) is 13.1. The van der Waals surface area contributed by atoms with Gasteiger partial charge in [0.2, 0.25) is 5.95 Å². The van der Waals surface area contributed by atoms with Crippen molar-refractivity contribution in [1.29, 1.82) is 0 Å². The monoisotopic (exact) mass is 406 g/mol. The topological polar surface area (TPSA) is 43.2 Å². The molecule has 1 aliphatic rings. The molecule has 0 bridgehead atoms. The highest BCUT2D eigenvalue weighted by atomic mass is 32.2. The fraction of sp³-hybridized carbons (Fsp3) is 0.600. The molecule has 0 radical (unpaired) electrons. The largest absolute Gasteiger partial charge is 0.378 e. The molecule has 27 heavy (non-hydrogen) atoms. The number of benzene rings is 1. The Balaban J connectivity index is 1.60. The Morgan fingerprint density at radius 1 is 1.07 bits per heavy atom. The number of ether oxygens (including phenoxy) is 1. The van der Waals surface area contributed by atoms with Crippen molar-refractivity contribution in [2.24, 2.45) is 5.92 Å². The Kier molecular flexibility index (Phi) is 7.91. The van der Waals surface area contributed by atoms with Gasteiger partial charge in [-0.3, -0.25) is 4.57 Å². The van der Waals surface area contributed by atoms with Crippen molar-refractivity contribution >= 4 is 29.5 Å². The van der Waals surface area contributed by atoms with E-state index in [1.807, 2.05) is 23.5 Å². The lowest BCUT2D eigenvalue weighted by Gasteiger charge is -2.28. The van der Waals surface area contributed by atoms with E-state index >= 15 is 0 Å². The van der Waals surface area contributed by atoms with Crippen LogP contribution in [0.15, 0.2) is 40.4 Å². The van der Waals surface area contributed by atoms with E-state index in [0.717, 1.165) is 56.1 Å². The summed E-state index contributed by atoms with van der Waals surface area (Å²) in [5.41, 5.74) is 0. The van der Waals surface area contributed by atoms with Crippen LogP contribution in [0.3, 0.4) is 0 Å². The number of aromatic nitrogens is 3. The minimum Gasteiger partial charge on any atom is -0.378 e. The van der Waals surface area contributed by atoms with Gasteiger partial charge < -0.3 is 9.64 Å². The Bertz CT molecular complexity index is 687. The summed E-state index contributed by atoms with van der Waals surface area (Å²) in [4.78, 5) is 3.64. The molecular weight excluding hydrogens is 376 g/mol. The fourth-order valence-electron chi connectivity index (χ4n) is 2.99. The molecule has 1 fully saturated rings. The third-order valence-corrected chi connectivity index (χ3v) is 6.58. The molecular formula is C20H30N4OS2. The second kappa shape index (κ2) is 10.4. The summed E-state index contributed by atoms with van der Waals surface area (Å²) in [5.74, 6) is 2.68. The van der Waals surface area contributed by atoms with Gasteiger partial charge >= 0.3 is 0 Å². The van der Waals surface area contributed by atoms with Crippen molar-refractivity contribution < 1.29 is 4.74 Å². The number of morpholine rings is 1. The van der Waals surface area contributed by atoms with Crippen LogP contribution in [0.5, 0.6) is 0 Å². The highest BCUT2D eigenvalue weighted by Crippen LogP contribution is 2.30. The van der Waals surface area contributed by atoms with Gasteiger partial charge in [-0.1, -0.05) is 50.7 Å². The minimum absolute atomic E-state index is 0.508. The number of hydrogen-bond donors (Lipinski definition) is 0. The van der Waals surface area contributed by atoms with Crippen molar-refractivity contribution in [1.82, 2.24) is 14.8 Å². The van der Waals surface area contributed by atoms with E-state index in [4.69, 9.17) is 4.74 Å². The zero-order valence-electron chi connectivity index (χ0n) is 16.5. The van der Waals surface area contributed by atoms with Crippen LogP contribution in [-0.4, -0.2) is 52.1 Å². The van der Waals surface area contributed by atoms with Gasteiger partial charge in [-0.2, -0.15) is 0 Å². The standard InChI is InChI=1S/C20H30N4OS2/c1-16(2)15-24-19(23-10-12-25-13-11-23)21-22-20(24)27-17(3)9-14-26-18-7-5-4-6-8-18/h4-8,16-17H,9-15H2,1-3H3/t17-/m0/s1. The van der Waals surface area contributed by atoms with Crippen LogP contribution >= 0.6 is 23.5 Å². The van der Waals surface area contributed by atoms with E-state index in [1.54, 1.807) is 0 Å². The SMILES string of the molecule is CC(C)Cn1c(S[C@@H](C)CCSc2ccccc2)nnc1N1CCOCC1. The van der Waals surface area contributed by atoms with E-state index in [-0.39, 0.29) is 0 Å². The average molecular weight is 407 g/mol. The second-order valence-corrected chi connectivity index (χ2v) is 9.84. The molecule has 0 amide bonds. The van der Waals surface area contributed by atoms with E-state index < -0.39 is 0 Å². The van der Waals surface area contributed by atoms with Crippen LogP contribution in [0, 0.1) is 5.92 Å². The van der Waals surface area contributed by atoms with Crippen molar-refractivity contribution in [2.45, 2.75) is 49.0 Å². The van der Waals surface area contributed by atoms with Crippen LogP contribution in [0.4, 0.5) is 5.95 Å². The Hall–Kier alpha value is -1.18. The van der Waals surface area contributed by atoms with Crippen LogP contribution in [-0.2, 0) is 11.3 Å². The van der Waals surface area contributed by atoms with Gasteiger partial charge in [-0.15, -0.1) is 22.0 Å². The molecule has 0 unspecified atom stereocenters. The molecule has 0 spiro atoms. The smallest absolute Gasteiger partial charge is 0.228 e. The lowest BCUT2D eigenvalue weighted by Crippen LogP contribution is -2.38. The molecule has 3 rings (SSSR count). The Morgan fingerprint density at radius 3 is 2.52 bits per heavy atom. The maximum atomic E-state index is 5.49. The fourth-order valence-corrected chi connectivity index (χ4v) is 5.16. The van der Waals surface area contributed by atoms with Gasteiger partial charge in [0.15, 0.2) is 5.16 Å². The summed E-state index contributed by atoms with van der Waals surface area (Å²) in [6.07, 6.45) is 1.14. The number of nitrogens with zero attached hydrogens (tertiary/aromatic N) is 4. The third-order valence-electron chi connectivity index (χ3n) is 4.38. The predicted molar refractivity (Wildman–Crippen MR) is 115 cm³/mol. The number of thioether (sulfide) groups is 2. The summed E-state index contributed by atoms with van der Waals surface area (Å²) in [6, 6.07) is 10.6. The molecule has 2 heterocycles. The van der Waals surface area contributed by atoms with Gasteiger partial charge in [-0.05, 0) is 30.2 Å². The summed E-state index contributed by atoms with van der Waals surface area (Å²) < 4.78 is 7.79. The molecule has 1 aliphatic heterocycles. The van der Waals surface area contributed by atoms with Crippen LogP contribution in [0.2, 0.25) is 0 Å². The zero-order valence-corrected chi connectivity index (χ0v) is 18.1. The molecule has 1 atom stereocenters. The molecule has 0 aliphatic carbocycles. The summed E-state index contributed by atoms with van der Waals surface area (Å²) >= 11 is 3.77. The Labute approximate surface area is 171 Å². The van der Waals surface area contributed by atoms with Gasteiger partial charge in [0.05, 0.1) is 13.2 Å². The predicted octanol–water partition coefficient (Wildman–Crippen LogP) is 4.43. The molecule has 5 nitrogen and oxygen atoms in total. The van der Waals surface area contributed by atoms with Crippen molar-refractivity contribution in [3.05, 3.63) is 30.3 Å². The first kappa shape index (κ1) is 20.6. The molecule has 1 aromatic heterocycles. The first-order valence-corrected chi connectivity index (χ1v) is 11.6. The third kappa shape index (κ3) is 6.16. The zero-order chi connectivity index (χ0) is 19.1. The molecule has 0 saturated carbocycles. The molecule has 0 N–H and O–H groups in total. The van der Waals surface area contributed by atoms with Gasteiger partial charge in [0.1, 0.15) is 0 Å². The molecule has 148 valence electrons. The highest BCUT2D eigenvalue weighted by molar-refractivity contribution is 8.00. The highest BCUT2D eigenvalue weighted by Gasteiger charge is 2.22. The summed E-state index contributed by atoms with van der Waals surface area (Å²) in [5, 5.41) is 10.6. The van der Waals surface area contributed by atoms with E-state index in [0.29, 0.717) is 11.2 Å². The average Bonchev–Trinajstić information content (AvgIpc) is 3.05. The maximum Gasteiger partial charge on any atom is 0.228 e. The van der Waals surface area contributed by atoms with Crippen molar-refractivity contribution in [2.75, 3.05) is 37.0 Å². The van der Waals surface area contributed by atoms with Gasteiger partial charge in [0.25, 0.3) is 0 Å². The normalized spacial score (nSPS) is 16.1. The van der Waals surface area contributed by atoms with E-state index in [2.05, 4.69) is 70.8 Å². The van der Waals surface area contributed by atoms with Crippen LogP contribution in [0.25, 0.3) is 0 Å². The Morgan fingerprint density at radius 2 is 1.81 bits per heavy atom. The quantitative estimate of drug-likeness (QED) is 0.574. The maximum absolute atomic E-state index is 5.49. The first-order valence-electron chi connectivity index (χ1n) is 9.74. The number of hydrogen-bond acceptors (Lipinski definition) is 6. The van der Waals surface area contributed by atoms with Crippen molar-refractivity contribution in [3.63, 3.8) is 0 Å². The van der Waals surface area contributed by atoms with Crippen molar-refractivity contribution in [3.8, 4) is 0 Å². The van der Waals surface area contributed by atoms with Gasteiger partial charge in [-0.25, -0.2) is 0 Å². The second-order valence-electron chi connectivity index (χ2n) is 7.27. The minimum atomic E-state index is 0.508. The summed E-state index contributed by atoms with van der Waals surface area (Å²) in [6.45, 7) is 11.1. The number of anilines is 1. The molecule has 1 aromatic carbocycles. The number of rotatable bonds is 9.